The molecular weight excluding hydrogens is 343 g/mol. The highest BCUT2D eigenvalue weighted by Crippen LogP contribution is 2.58. The first-order chi connectivity index (χ1) is 9.78. The summed E-state index contributed by atoms with van der Waals surface area (Å²) >= 11 is 19.2. The zero-order valence-electron chi connectivity index (χ0n) is 10.9. The van der Waals surface area contributed by atoms with Crippen LogP contribution in [0.5, 0.6) is 0 Å². The second-order valence-corrected chi connectivity index (χ2v) is 7.51. The lowest BCUT2D eigenvalue weighted by molar-refractivity contribution is -0.120. The molecule has 1 saturated heterocycles. The second kappa shape index (κ2) is 4.97. The summed E-state index contributed by atoms with van der Waals surface area (Å²) in [5.41, 5.74) is -0.152. The van der Waals surface area contributed by atoms with Crippen LogP contribution in [-0.2, 0) is 4.79 Å². The molecule has 2 nitrogen and oxygen atoms in total. The Kier molecular flexibility index (Phi) is 3.62. The van der Waals surface area contributed by atoms with E-state index >= 15 is 0 Å². The minimum absolute atomic E-state index is 0.152. The van der Waals surface area contributed by atoms with E-state index in [0.717, 1.165) is 29.9 Å². The molecule has 1 saturated carbocycles. The highest BCUT2D eigenvalue weighted by molar-refractivity contribution is 6.55. The minimum Gasteiger partial charge on any atom is -0.275 e. The zero-order valence-corrected chi connectivity index (χ0v) is 13.2. The molecule has 0 aromatic heterocycles. The van der Waals surface area contributed by atoms with Crippen LogP contribution in [0.1, 0.15) is 25.7 Å². The Balaban J connectivity index is 2.12. The summed E-state index contributed by atoms with van der Waals surface area (Å²) in [5.74, 6) is -2.66. The average molecular weight is 355 g/mol. The largest absolute Gasteiger partial charge is 0.275 e. The molecule has 21 heavy (non-hydrogen) atoms. The van der Waals surface area contributed by atoms with E-state index in [2.05, 4.69) is 0 Å². The Morgan fingerprint density at radius 3 is 2.52 bits per heavy atom. The number of halogens is 5. The van der Waals surface area contributed by atoms with E-state index in [-0.39, 0.29) is 5.69 Å². The standard InChI is InChI=1S/C14H12Cl3F2NO/c15-13-6-2-1-3-11(13)14(16,17)20(12(13)21)10-5-4-8(18)7-9(10)19/h4-5,7,11H,1-3,6H2. The molecule has 7 heteroatoms. The molecule has 1 aliphatic heterocycles. The van der Waals surface area contributed by atoms with Gasteiger partial charge in [0.15, 0.2) is 0 Å². The Labute approximate surface area is 136 Å². The lowest BCUT2D eigenvalue weighted by Gasteiger charge is -2.34. The van der Waals surface area contributed by atoms with Crippen LogP contribution in [0.4, 0.5) is 14.5 Å². The predicted molar refractivity (Wildman–Crippen MR) is 78.8 cm³/mol. The fourth-order valence-corrected chi connectivity index (χ4v) is 4.77. The second-order valence-electron chi connectivity index (χ2n) is 5.48. The molecule has 114 valence electrons. The molecule has 0 radical (unpaired) electrons. The van der Waals surface area contributed by atoms with Crippen LogP contribution in [-0.4, -0.2) is 15.2 Å². The number of carbonyl (C=O) groups is 1. The molecule has 2 unspecified atom stereocenters. The number of fused-ring (bicyclic) bond motifs is 1. The molecule has 2 atom stereocenters. The molecule has 0 spiro atoms. The summed E-state index contributed by atoms with van der Waals surface area (Å²) in [6, 6.07) is 2.90. The summed E-state index contributed by atoms with van der Waals surface area (Å²) in [6.07, 6.45) is 2.67. The van der Waals surface area contributed by atoms with Crippen LogP contribution in [0.2, 0.25) is 0 Å². The molecule has 1 aromatic rings. The third-order valence-electron chi connectivity index (χ3n) is 4.26. The average Bonchev–Trinajstić information content (AvgIpc) is 2.56. The topological polar surface area (TPSA) is 20.3 Å². The predicted octanol–water partition coefficient (Wildman–Crippen LogP) is 4.61. The van der Waals surface area contributed by atoms with Crippen molar-refractivity contribution in [1.29, 1.82) is 0 Å². The van der Waals surface area contributed by atoms with E-state index in [9.17, 15) is 13.6 Å². The first kappa shape index (κ1) is 15.3. The van der Waals surface area contributed by atoms with Gasteiger partial charge in [-0.05, 0) is 25.0 Å². The van der Waals surface area contributed by atoms with Gasteiger partial charge in [-0.2, -0.15) is 0 Å². The van der Waals surface area contributed by atoms with Crippen LogP contribution in [0, 0.1) is 17.6 Å². The number of anilines is 1. The maximum Gasteiger partial charge on any atom is 0.251 e. The lowest BCUT2D eigenvalue weighted by atomic mass is 9.80. The van der Waals surface area contributed by atoms with Crippen molar-refractivity contribution in [1.82, 2.24) is 0 Å². The van der Waals surface area contributed by atoms with Gasteiger partial charge in [-0.3, -0.25) is 9.69 Å². The Morgan fingerprint density at radius 1 is 1.19 bits per heavy atom. The maximum absolute atomic E-state index is 14.0. The SMILES string of the molecule is O=C1N(c2ccc(F)cc2F)C(Cl)(Cl)C2CCCCC12Cl. The number of alkyl halides is 3. The lowest BCUT2D eigenvalue weighted by Crippen LogP contribution is -2.40. The van der Waals surface area contributed by atoms with Crippen LogP contribution in [0.3, 0.4) is 0 Å². The fourth-order valence-electron chi connectivity index (χ4n) is 3.25. The first-order valence-electron chi connectivity index (χ1n) is 6.65. The quantitative estimate of drug-likeness (QED) is 0.533. The van der Waals surface area contributed by atoms with Crippen molar-refractivity contribution in [3.05, 3.63) is 29.8 Å². The van der Waals surface area contributed by atoms with Gasteiger partial charge in [0.1, 0.15) is 16.5 Å². The van der Waals surface area contributed by atoms with Crippen LogP contribution in [0.15, 0.2) is 18.2 Å². The van der Waals surface area contributed by atoms with Crippen molar-refractivity contribution >= 4 is 46.4 Å². The Hall–Kier alpha value is -0.580. The van der Waals surface area contributed by atoms with E-state index in [4.69, 9.17) is 34.8 Å². The highest BCUT2D eigenvalue weighted by atomic mass is 35.5. The van der Waals surface area contributed by atoms with Crippen LogP contribution < -0.4 is 4.90 Å². The van der Waals surface area contributed by atoms with Gasteiger partial charge in [-0.25, -0.2) is 8.78 Å². The van der Waals surface area contributed by atoms with Gasteiger partial charge in [-0.1, -0.05) is 36.0 Å². The Bertz CT molecular complexity index is 610. The summed E-state index contributed by atoms with van der Waals surface area (Å²) in [6.45, 7) is 0. The number of hydrogen-bond donors (Lipinski definition) is 0. The number of benzene rings is 1. The molecule has 1 heterocycles. The third kappa shape index (κ3) is 2.14. The minimum atomic E-state index is -1.64. The van der Waals surface area contributed by atoms with Gasteiger partial charge in [0, 0.05) is 12.0 Å². The molecule has 1 amide bonds. The number of rotatable bonds is 1. The number of amides is 1. The number of hydrogen-bond acceptors (Lipinski definition) is 1. The van der Waals surface area contributed by atoms with Crippen molar-refractivity contribution < 1.29 is 13.6 Å². The highest BCUT2D eigenvalue weighted by Gasteiger charge is 2.66. The smallest absolute Gasteiger partial charge is 0.251 e. The van der Waals surface area contributed by atoms with Crippen molar-refractivity contribution in [2.24, 2.45) is 5.92 Å². The maximum atomic E-state index is 14.0. The molecule has 2 aliphatic rings. The zero-order chi connectivity index (χ0) is 15.4. The number of nitrogens with zero attached hydrogens (tertiary/aromatic N) is 1. The summed E-state index contributed by atoms with van der Waals surface area (Å²) < 4.78 is 25.4. The van der Waals surface area contributed by atoms with Gasteiger partial charge in [0.2, 0.25) is 4.46 Å². The van der Waals surface area contributed by atoms with Crippen LogP contribution >= 0.6 is 34.8 Å². The molecule has 0 N–H and O–H groups in total. The van der Waals surface area contributed by atoms with Gasteiger partial charge in [-0.15, -0.1) is 11.6 Å². The van der Waals surface area contributed by atoms with Crippen molar-refractivity contribution in [3.63, 3.8) is 0 Å². The molecule has 1 aromatic carbocycles. The monoisotopic (exact) mass is 353 g/mol. The fraction of sp³-hybridized carbons (Fsp3) is 0.500. The van der Waals surface area contributed by atoms with E-state index < -0.39 is 32.8 Å². The van der Waals surface area contributed by atoms with Gasteiger partial charge < -0.3 is 0 Å². The molecular formula is C14H12Cl3F2NO. The van der Waals surface area contributed by atoms with Crippen molar-refractivity contribution in [2.75, 3.05) is 4.90 Å². The van der Waals surface area contributed by atoms with Gasteiger partial charge in [0.05, 0.1) is 5.69 Å². The third-order valence-corrected chi connectivity index (χ3v) is 5.74. The van der Waals surface area contributed by atoms with Crippen molar-refractivity contribution in [2.45, 2.75) is 35.0 Å². The van der Waals surface area contributed by atoms with E-state index in [1.165, 1.54) is 0 Å². The molecule has 1 aliphatic carbocycles. The van der Waals surface area contributed by atoms with Crippen LogP contribution in [0.25, 0.3) is 0 Å². The van der Waals surface area contributed by atoms with E-state index in [0.29, 0.717) is 18.9 Å². The van der Waals surface area contributed by atoms with E-state index in [1.807, 2.05) is 0 Å². The first-order valence-corrected chi connectivity index (χ1v) is 7.78. The van der Waals surface area contributed by atoms with Crippen molar-refractivity contribution in [3.8, 4) is 0 Å². The molecule has 2 fully saturated rings. The normalized spacial score (nSPS) is 31.4. The Morgan fingerprint density at radius 2 is 1.90 bits per heavy atom. The summed E-state index contributed by atoms with van der Waals surface area (Å²) in [5, 5.41) is 0. The molecule has 0 bridgehead atoms. The van der Waals surface area contributed by atoms with E-state index in [1.54, 1.807) is 0 Å². The number of carbonyl (C=O) groups excluding carboxylic acids is 1. The summed E-state index contributed by atoms with van der Waals surface area (Å²) in [7, 11) is 0. The molecule has 3 rings (SSSR count). The van der Waals surface area contributed by atoms with Gasteiger partial charge in [0.25, 0.3) is 5.91 Å². The summed E-state index contributed by atoms with van der Waals surface area (Å²) in [4.78, 5) is 12.4. The van der Waals surface area contributed by atoms with Gasteiger partial charge >= 0.3 is 0 Å².